The monoisotopic (exact) mass is 396 g/mol. The molecule has 0 bridgehead atoms. The Bertz CT molecular complexity index is 955. The molecule has 1 aliphatic heterocycles. The molecule has 1 fully saturated rings. The van der Waals surface area contributed by atoms with E-state index in [9.17, 15) is 20.4 Å². The van der Waals surface area contributed by atoms with Crippen molar-refractivity contribution >= 4 is 10.8 Å². The highest BCUT2D eigenvalue weighted by molar-refractivity contribution is 5.82. The smallest absolute Gasteiger partial charge is 0.119 e. The van der Waals surface area contributed by atoms with Crippen molar-refractivity contribution in [1.82, 2.24) is 0 Å². The minimum Gasteiger partial charge on any atom is -0.489 e. The quantitative estimate of drug-likeness (QED) is 0.526. The fourth-order valence-electron chi connectivity index (χ4n) is 3.63. The molecule has 5 atom stereocenters. The van der Waals surface area contributed by atoms with Gasteiger partial charge in [0.15, 0.2) is 0 Å². The topological polar surface area (TPSA) is 99.4 Å². The Kier molecular flexibility index (Phi) is 5.80. The Balaban J connectivity index is 1.43. The van der Waals surface area contributed by atoms with Crippen molar-refractivity contribution in [2.45, 2.75) is 37.1 Å². The zero-order valence-corrected chi connectivity index (χ0v) is 15.8. The van der Waals surface area contributed by atoms with Crippen molar-refractivity contribution in [2.75, 3.05) is 6.61 Å². The maximum atomic E-state index is 10.2. The van der Waals surface area contributed by atoms with Crippen LogP contribution >= 0.6 is 0 Å². The molecule has 3 aromatic rings. The number of aliphatic hydroxyl groups is 4. The first kappa shape index (κ1) is 19.8. The molecular formula is C23H24O6. The highest BCUT2D eigenvalue weighted by Gasteiger charge is 2.43. The zero-order chi connectivity index (χ0) is 20.4. The summed E-state index contributed by atoms with van der Waals surface area (Å²) >= 11 is 0. The summed E-state index contributed by atoms with van der Waals surface area (Å²) in [5.74, 6) is 0.659. The van der Waals surface area contributed by atoms with Crippen LogP contribution in [0, 0.1) is 0 Å². The average molecular weight is 396 g/mol. The van der Waals surface area contributed by atoms with Gasteiger partial charge < -0.3 is 29.9 Å². The van der Waals surface area contributed by atoms with Gasteiger partial charge in [0.1, 0.15) is 42.9 Å². The number of ether oxygens (including phenoxy) is 2. The fraction of sp³-hybridized carbons (Fsp3) is 0.304. The number of hydrogen-bond donors (Lipinski definition) is 4. The second-order valence-electron chi connectivity index (χ2n) is 7.29. The third-order valence-electron chi connectivity index (χ3n) is 5.32. The highest BCUT2D eigenvalue weighted by atomic mass is 16.5. The van der Waals surface area contributed by atoms with E-state index in [0.717, 1.165) is 10.9 Å². The lowest BCUT2D eigenvalue weighted by molar-refractivity contribution is -0.231. The van der Waals surface area contributed by atoms with E-state index in [4.69, 9.17) is 9.47 Å². The minimum absolute atomic E-state index is 0.421. The Morgan fingerprint density at radius 3 is 2.24 bits per heavy atom. The van der Waals surface area contributed by atoms with Crippen LogP contribution in [0.2, 0.25) is 0 Å². The number of hydrogen-bond acceptors (Lipinski definition) is 6. The van der Waals surface area contributed by atoms with E-state index < -0.39 is 37.1 Å². The molecule has 0 aliphatic carbocycles. The van der Waals surface area contributed by atoms with Gasteiger partial charge in [0.05, 0.1) is 6.61 Å². The fourth-order valence-corrected chi connectivity index (χ4v) is 3.63. The predicted octanol–water partition coefficient (Wildman–Crippen LogP) is 1.93. The molecule has 6 nitrogen and oxygen atoms in total. The summed E-state index contributed by atoms with van der Waals surface area (Å²) in [5.41, 5.74) is 1.68. The summed E-state index contributed by atoms with van der Waals surface area (Å²) in [5, 5.41) is 41.7. The summed E-state index contributed by atoms with van der Waals surface area (Å²) in [4.78, 5) is 0. The minimum atomic E-state index is -1.39. The van der Waals surface area contributed by atoms with Crippen LogP contribution in [0.4, 0.5) is 0 Å². The molecule has 0 amide bonds. The predicted molar refractivity (Wildman–Crippen MR) is 107 cm³/mol. The van der Waals surface area contributed by atoms with Crippen LogP contribution in [0.15, 0.2) is 66.7 Å². The van der Waals surface area contributed by atoms with E-state index in [1.807, 2.05) is 18.2 Å². The molecule has 0 aromatic heterocycles. The van der Waals surface area contributed by atoms with Crippen LogP contribution in [-0.2, 0) is 11.3 Å². The molecular weight excluding hydrogens is 372 g/mol. The van der Waals surface area contributed by atoms with Crippen molar-refractivity contribution in [2.24, 2.45) is 0 Å². The molecule has 1 saturated heterocycles. The highest BCUT2D eigenvalue weighted by Crippen LogP contribution is 2.33. The van der Waals surface area contributed by atoms with Crippen molar-refractivity contribution in [3.63, 3.8) is 0 Å². The van der Waals surface area contributed by atoms with Gasteiger partial charge in [-0.3, -0.25) is 0 Å². The molecule has 3 aromatic carbocycles. The van der Waals surface area contributed by atoms with E-state index in [1.54, 1.807) is 24.3 Å². The van der Waals surface area contributed by atoms with Crippen LogP contribution < -0.4 is 4.74 Å². The van der Waals surface area contributed by atoms with Gasteiger partial charge in [0.2, 0.25) is 0 Å². The average Bonchev–Trinajstić information content (AvgIpc) is 2.77. The molecule has 0 spiro atoms. The van der Waals surface area contributed by atoms with Crippen molar-refractivity contribution < 1.29 is 29.9 Å². The van der Waals surface area contributed by atoms with Gasteiger partial charge in [-0.2, -0.15) is 0 Å². The van der Waals surface area contributed by atoms with Gasteiger partial charge in [-0.1, -0.05) is 48.5 Å². The van der Waals surface area contributed by atoms with E-state index in [2.05, 4.69) is 24.3 Å². The van der Waals surface area contributed by atoms with Gasteiger partial charge in [0, 0.05) is 0 Å². The Hall–Kier alpha value is -2.48. The van der Waals surface area contributed by atoms with Crippen LogP contribution in [-0.4, -0.2) is 51.4 Å². The van der Waals surface area contributed by atoms with E-state index in [0.29, 0.717) is 17.9 Å². The number of aliphatic hydroxyl groups excluding tert-OH is 4. The lowest BCUT2D eigenvalue weighted by Crippen LogP contribution is -2.55. The third-order valence-corrected chi connectivity index (χ3v) is 5.32. The Morgan fingerprint density at radius 1 is 0.793 bits per heavy atom. The Labute approximate surface area is 168 Å². The van der Waals surface area contributed by atoms with Crippen molar-refractivity contribution in [3.05, 3.63) is 77.9 Å². The van der Waals surface area contributed by atoms with Crippen molar-refractivity contribution in [1.29, 1.82) is 0 Å². The van der Waals surface area contributed by atoms with E-state index in [-0.39, 0.29) is 0 Å². The van der Waals surface area contributed by atoms with Gasteiger partial charge in [0.25, 0.3) is 0 Å². The SMILES string of the molecule is OC[C@H]1OC(c2ccc(OCc3ccc4ccccc4c3)cc2)[C@@H](O)[C@@H](O)[C@@H]1O. The molecule has 0 saturated carbocycles. The Morgan fingerprint density at radius 2 is 1.52 bits per heavy atom. The molecule has 1 unspecified atom stereocenters. The molecule has 152 valence electrons. The van der Waals surface area contributed by atoms with E-state index in [1.165, 1.54) is 5.39 Å². The molecule has 29 heavy (non-hydrogen) atoms. The molecule has 1 aliphatic rings. The lowest BCUT2D eigenvalue weighted by Gasteiger charge is -2.40. The number of benzene rings is 3. The first-order chi connectivity index (χ1) is 14.1. The molecule has 6 heteroatoms. The normalized spacial score (nSPS) is 27.1. The summed E-state index contributed by atoms with van der Waals surface area (Å²) in [6.07, 6.45) is -5.83. The van der Waals surface area contributed by atoms with E-state index >= 15 is 0 Å². The van der Waals surface area contributed by atoms with Crippen LogP contribution in [0.5, 0.6) is 5.75 Å². The zero-order valence-electron chi connectivity index (χ0n) is 15.8. The molecule has 4 rings (SSSR count). The largest absolute Gasteiger partial charge is 0.489 e. The first-order valence-corrected chi connectivity index (χ1v) is 9.58. The second-order valence-corrected chi connectivity index (χ2v) is 7.29. The maximum Gasteiger partial charge on any atom is 0.119 e. The molecule has 1 heterocycles. The van der Waals surface area contributed by atoms with Crippen LogP contribution in [0.25, 0.3) is 10.8 Å². The molecule has 4 N–H and O–H groups in total. The van der Waals surface area contributed by atoms with Crippen LogP contribution in [0.1, 0.15) is 17.2 Å². The number of fused-ring (bicyclic) bond motifs is 1. The first-order valence-electron chi connectivity index (χ1n) is 9.58. The summed E-state index contributed by atoms with van der Waals surface area (Å²) in [6.45, 7) is -0.0291. The van der Waals surface area contributed by atoms with Crippen molar-refractivity contribution in [3.8, 4) is 5.75 Å². The lowest BCUT2D eigenvalue weighted by atomic mass is 9.91. The molecule has 0 radical (unpaired) electrons. The summed E-state index contributed by atoms with van der Waals surface area (Å²) < 4.78 is 11.4. The van der Waals surface area contributed by atoms with Gasteiger partial charge >= 0.3 is 0 Å². The van der Waals surface area contributed by atoms with Crippen LogP contribution in [0.3, 0.4) is 0 Å². The van der Waals surface area contributed by atoms with Gasteiger partial charge in [-0.05, 0) is 40.1 Å². The van der Waals surface area contributed by atoms with Gasteiger partial charge in [-0.15, -0.1) is 0 Å². The maximum absolute atomic E-state index is 10.2. The van der Waals surface area contributed by atoms with Gasteiger partial charge in [-0.25, -0.2) is 0 Å². The summed E-state index contributed by atoms with van der Waals surface area (Å²) in [7, 11) is 0. The standard InChI is InChI=1S/C23H24O6/c24-12-19-20(25)21(26)22(27)23(29-19)16-7-9-18(10-8-16)28-13-14-5-6-15-3-1-2-4-17(15)11-14/h1-11,19-27H,12-13H2/t19-,20-,21+,22+,23?/m1/s1. The number of rotatable bonds is 5. The second kappa shape index (κ2) is 8.49. The third kappa shape index (κ3) is 4.12. The summed E-state index contributed by atoms with van der Waals surface area (Å²) in [6, 6.07) is 21.3.